The number of carbonyl (C=O) groups excluding carboxylic acids is 1. The van der Waals surface area contributed by atoms with Gasteiger partial charge in [0.2, 0.25) is 5.91 Å². The number of ether oxygens (including phenoxy) is 1. The van der Waals surface area contributed by atoms with Gasteiger partial charge in [-0.3, -0.25) is 4.79 Å². The summed E-state index contributed by atoms with van der Waals surface area (Å²) >= 11 is 0. The quantitative estimate of drug-likeness (QED) is 0.813. The lowest BCUT2D eigenvalue weighted by Crippen LogP contribution is -2.46. The molecule has 0 aromatic rings. The Morgan fingerprint density at radius 2 is 1.94 bits per heavy atom. The molecule has 4 heteroatoms. The Balaban J connectivity index is 2.17. The Hall–Kier alpha value is -0.610. The van der Waals surface area contributed by atoms with E-state index in [9.17, 15) is 4.79 Å². The van der Waals surface area contributed by atoms with Gasteiger partial charge in [0.1, 0.15) is 0 Å². The maximum absolute atomic E-state index is 11.9. The van der Waals surface area contributed by atoms with E-state index in [0.29, 0.717) is 31.2 Å². The smallest absolute Gasteiger partial charge is 0.236 e. The number of nitrogens with zero attached hydrogens (tertiary/aromatic N) is 1. The lowest BCUT2D eigenvalue weighted by molar-refractivity contribution is -0.134. The summed E-state index contributed by atoms with van der Waals surface area (Å²) in [5.41, 5.74) is 0.365. The van der Waals surface area contributed by atoms with Gasteiger partial charge in [-0.15, -0.1) is 0 Å². The van der Waals surface area contributed by atoms with Gasteiger partial charge in [-0.05, 0) is 25.2 Å². The normalized spacial score (nSPS) is 18.8. The summed E-state index contributed by atoms with van der Waals surface area (Å²) in [6.45, 7) is 12.2. The van der Waals surface area contributed by atoms with Crippen molar-refractivity contribution < 1.29 is 9.53 Å². The average Bonchev–Trinajstić information content (AvgIpc) is 2.33. The van der Waals surface area contributed by atoms with Crippen molar-refractivity contribution in [2.24, 2.45) is 5.41 Å². The molecule has 0 aromatic heterocycles. The van der Waals surface area contributed by atoms with Crippen LogP contribution in [0.2, 0.25) is 0 Å². The molecule has 1 aliphatic heterocycles. The van der Waals surface area contributed by atoms with E-state index in [2.05, 4.69) is 33.0 Å². The SMILES string of the molecule is CC(CCC(C)(C)C)NCC(=O)N1CCOCC1. The van der Waals surface area contributed by atoms with Crippen molar-refractivity contribution in [2.75, 3.05) is 32.8 Å². The fourth-order valence-electron chi connectivity index (χ4n) is 1.94. The second-order valence-corrected chi connectivity index (χ2v) is 6.37. The van der Waals surface area contributed by atoms with E-state index in [1.54, 1.807) is 0 Å². The second-order valence-electron chi connectivity index (χ2n) is 6.37. The lowest BCUT2D eigenvalue weighted by Gasteiger charge is -2.28. The third-order valence-electron chi connectivity index (χ3n) is 3.29. The Labute approximate surface area is 111 Å². The third-order valence-corrected chi connectivity index (χ3v) is 3.29. The maximum Gasteiger partial charge on any atom is 0.236 e. The van der Waals surface area contributed by atoms with Crippen LogP contribution < -0.4 is 5.32 Å². The monoisotopic (exact) mass is 256 g/mol. The van der Waals surface area contributed by atoms with Gasteiger partial charge in [-0.1, -0.05) is 20.8 Å². The van der Waals surface area contributed by atoms with Crippen LogP contribution in [-0.2, 0) is 9.53 Å². The molecule has 1 unspecified atom stereocenters. The van der Waals surface area contributed by atoms with Crippen molar-refractivity contribution in [3.63, 3.8) is 0 Å². The predicted octanol–water partition coefficient (Wildman–Crippen LogP) is 1.65. The molecule has 1 N–H and O–H groups in total. The van der Waals surface area contributed by atoms with E-state index in [1.165, 1.54) is 6.42 Å². The zero-order valence-electron chi connectivity index (χ0n) is 12.3. The summed E-state index contributed by atoms with van der Waals surface area (Å²) in [5, 5.41) is 3.32. The first-order chi connectivity index (χ1) is 8.38. The minimum atomic E-state index is 0.195. The predicted molar refractivity (Wildman–Crippen MR) is 73.6 cm³/mol. The molecule has 0 bridgehead atoms. The molecule has 106 valence electrons. The van der Waals surface area contributed by atoms with E-state index < -0.39 is 0 Å². The first-order valence-corrected chi connectivity index (χ1v) is 6.97. The van der Waals surface area contributed by atoms with Crippen LogP contribution in [0.25, 0.3) is 0 Å². The number of morpholine rings is 1. The number of hydrogen-bond acceptors (Lipinski definition) is 3. The van der Waals surface area contributed by atoms with E-state index >= 15 is 0 Å². The summed E-state index contributed by atoms with van der Waals surface area (Å²) in [7, 11) is 0. The average molecular weight is 256 g/mol. The van der Waals surface area contributed by atoms with E-state index in [0.717, 1.165) is 19.5 Å². The molecule has 1 fully saturated rings. The molecule has 0 saturated carbocycles. The molecule has 1 aliphatic rings. The van der Waals surface area contributed by atoms with E-state index in [-0.39, 0.29) is 5.91 Å². The van der Waals surface area contributed by atoms with Crippen molar-refractivity contribution in [1.29, 1.82) is 0 Å². The largest absolute Gasteiger partial charge is 0.378 e. The van der Waals surface area contributed by atoms with Gasteiger partial charge in [0.25, 0.3) is 0 Å². The minimum Gasteiger partial charge on any atom is -0.378 e. The third kappa shape index (κ3) is 6.36. The van der Waals surface area contributed by atoms with Gasteiger partial charge >= 0.3 is 0 Å². The molecule has 0 radical (unpaired) electrons. The molecule has 1 heterocycles. The van der Waals surface area contributed by atoms with Gasteiger partial charge in [0, 0.05) is 19.1 Å². The molecule has 4 nitrogen and oxygen atoms in total. The van der Waals surface area contributed by atoms with Gasteiger partial charge in [0.05, 0.1) is 19.8 Å². The first-order valence-electron chi connectivity index (χ1n) is 6.97. The zero-order valence-corrected chi connectivity index (χ0v) is 12.3. The summed E-state index contributed by atoms with van der Waals surface area (Å²) in [4.78, 5) is 13.8. The van der Waals surface area contributed by atoms with Gasteiger partial charge < -0.3 is 15.0 Å². The van der Waals surface area contributed by atoms with Crippen molar-refractivity contribution in [2.45, 2.75) is 46.6 Å². The highest BCUT2D eigenvalue weighted by atomic mass is 16.5. The van der Waals surface area contributed by atoms with Crippen LogP contribution in [0.4, 0.5) is 0 Å². The van der Waals surface area contributed by atoms with Crippen LogP contribution in [0.15, 0.2) is 0 Å². The molecule has 0 aromatic carbocycles. The summed E-state index contributed by atoms with van der Waals surface area (Å²) in [6, 6.07) is 0.397. The second kappa shape index (κ2) is 7.10. The Bertz CT molecular complexity index is 255. The Kier molecular flexibility index (Phi) is 6.09. The fourth-order valence-corrected chi connectivity index (χ4v) is 1.94. The molecule has 18 heavy (non-hydrogen) atoms. The molecule has 1 rings (SSSR count). The summed E-state index contributed by atoms with van der Waals surface area (Å²) in [6.07, 6.45) is 2.28. The van der Waals surface area contributed by atoms with Gasteiger partial charge in [-0.2, -0.15) is 0 Å². The molecular formula is C14H28N2O2. The molecule has 0 aliphatic carbocycles. The van der Waals surface area contributed by atoms with E-state index in [4.69, 9.17) is 4.74 Å². The number of amides is 1. The van der Waals surface area contributed by atoms with Crippen molar-refractivity contribution in [1.82, 2.24) is 10.2 Å². The lowest BCUT2D eigenvalue weighted by atomic mass is 9.89. The molecule has 1 saturated heterocycles. The molecular weight excluding hydrogens is 228 g/mol. The van der Waals surface area contributed by atoms with Gasteiger partial charge in [0.15, 0.2) is 0 Å². The maximum atomic E-state index is 11.9. The topological polar surface area (TPSA) is 41.6 Å². The van der Waals surface area contributed by atoms with Crippen LogP contribution in [0.3, 0.4) is 0 Å². The zero-order chi connectivity index (χ0) is 13.6. The van der Waals surface area contributed by atoms with E-state index in [1.807, 2.05) is 4.90 Å². The number of nitrogens with one attached hydrogen (secondary N) is 1. The van der Waals surface area contributed by atoms with Gasteiger partial charge in [-0.25, -0.2) is 0 Å². The van der Waals surface area contributed by atoms with Crippen molar-refractivity contribution in [3.8, 4) is 0 Å². The van der Waals surface area contributed by atoms with Crippen LogP contribution in [0.5, 0.6) is 0 Å². The fraction of sp³-hybridized carbons (Fsp3) is 0.929. The highest BCUT2D eigenvalue weighted by molar-refractivity contribution is 5.78. The van der Waals surface area contributed by atoms with Crippen molar-refractivity contribution in [3.05, 3.63) is 0 Å². The van der Waals surface area contributed by atoms with Crippen LogP contribution in [0, 0.1) is 5.41 Å². The highest BCUT2D eigenvalue weighted by Gasteiger charge is 2.17. The molecule has 1 atom stereocenters. The Morgan fingerprint density at radius 3 is 2.50 bits per heavy atom. The standard InChI is InChI=1S/C14H28N2O2/c1-12(5-6-14(2,3)4)15-11-13(17)16-7-9-18-10-8-16/h12,15H,5-11H2,1-4H3. The molecule has 0 spiro atoms. The van der Waals surface area contributed by atoms with Crippen molar-refractivity contribution >= 4 is 5.91 Å². The number of hydrogen-bond donors (Lipinski definition) is 1. The first kappa shape index (κ1) is 15.4. The highest BCUT2D eigenvalue weighted by Crippen LogP contribution is 2.21. The minimum absolute atomic E-state index is 0.195. The van der Waals surface area contributed by atoms with Crippen LogP contribution >= 0.6 is 0 Å². The number of rotatable bonds is 5. The molecule has 1 amide bonds. The van der Waals surface area contributed by atoms with Crippen LogP contribution in [-0.4, -0.2) is 49.7 Å². The van der Waals surface area contributed by atoms with Crippen LogP contribution in [0.1, 0.15) is 40.5 Å². The Morgan fingerprint density at radius 1 is 1.33 bits per heavy atom. The summed E-state index contributed by atoms with van der Waals surface area (Å²) in [5.74, 6) is 0.195. The summed E-state index contributed by atoms with van der Waals surface area (Å²) < 4.78 is 5.24. The number of carbonyl (C=O) groups is 1.